The lowest BCUT2D eigenvalue weighted by Crippen LogP contribution is -2.13. The molecule has 128 valence electrons. The molecule has 7 heteroatoms. The number of ether oxygens (including phenoxy) is 2. The van der Waals surface area contributed by atoms with E-state index in [0.717, 1.165) is 11.1 Å². The number of hydrogen-bond donors (Lipinski definition) is 1. The fourth-order valence-electron chi connectivity index (χ4n) is 2.21. The molecule has 0 saturated carbocycles. The number of amides is 1. The second-order valence-electron chi connectivity index (χ2n) is 5.30. The predicted octanol–water partition coefficient (Wildman–Crippen LogP) is 3.31. The lowest BCUT2D eigenvalue weighted by Gasteiger charge is -2.10. The second kappa shape index (κ2) is 7.04. The zero-order chi connectivity index (χ0) is 17.8. The van der Waals surface area contributed by atoms with Gasteiger partial charge < -0.3 is 19.2 Å². The van der Waals surface area contributed by atoms with Crippen molar-refractivity contribution < 1.29 is 18.7 Å². The van der Waals surface area contributed by atoms with Gasteiger partial charge in [-0.1, -0.05) is 17.7 Å². The molecule has 3 aromatic rings. The zero-order valence-electron chi connectivity index (χ0n) is 14.1. The van der Waals surface area contributed by atoms with Crippen LogP contribution in [0, 0.1) is 6.92 Å². The minimum absolute atomic E-state index is 0.131. The van der Waals surface area contributed by atoms with E-state index in [1.807, 2.05) is 31.2 Å². The standard InChI is InChI=1S/C18H17N3O4/c1-11-4-6-12(7-5-11)17-20-21-18(25-17)16(22)19-14-9-8-13(23-2)10-15(14)24-3/h4-10H,1-3H3,(H,19,22). The fraction of sp³-hybridized carbons (Fsp3) is 0.167. The molecule has 3 rings (SSSR count). The number of anilines is 1. The van der Waals surface area contributed by atoms with Crippen LogP contribution in [-0.4, -0.2) is 30.3 Å². The van der Waals surface area contributed by atoms with Crippen molar-refractivity contribution in [1.29, 1.82) is 0 Å². The SMILES string of the molecule is COc1ccc(NC(=O)c2nnc(-c3ccc(C)cc3)o2)c(OC)c1. The van der Waals surface area contributed by atoms with Crippen molar-refractivity contribution >= 4 is 11.6 Å². The molecule has 1 amide bonds. The van der Waals surface area contributed by atoms with Gasteiger partial charge in [-0.25, -0.2) is 0 Å². The Morgan fingerprint density at radius 1 is 1.04 bits per heavy atom. The normalized spacial score (nSPS) is 10.4. The van der Waals surface area contributed by atoms with Crippen LogP contribution in [-0.2, 0) is 0 Å². The topological polar surface area (TPSA) is 86.5 Å². The summed E-state index contributed by atoms with van der Waals surface area (Å²) in [4.78, 5) is 12.3. The Kier molecular flexibility index (Phi) is 4.65. The first-order chi connectivity index (χ1) is 12.1. The quantitative estimate of drug-likeness (QED) is 0.767. The van der Waals surface area contributed by atoms with Gasteiger partial charge in [0.15, 0.2) is 0 Å². The molecular weight excluding hydrogens is 322 g/mol. The summed E-state index contributed by atoms with van der Waals surface area (Å²) in [6.45, 7) is 1.98. The highest BCUT2D eigenvalue weighted by molar-refractivity contribution is 6.01. The van der Waals surface area contributed by atoms with Crippen molar-refractivity contribution in [3.8, 4) is 23.0 Å². The molecule has 0 unspecified atom stereocenters. The van der Waals surface area contributed by atoms with E-state index in [-0.39, 0.29) is 11.8 Å². The first-order valence-electron chi connectivity index (χ1n) is 7.54. The molecule has 0 fully saturated rings. The highest BCUT2D eigenvalue weighted by Gasteiger charge is 2.18. The van der Waals surface area contributed by atoms with E-state index < -0.39 is 5.91 Å². The molecule has 1 aromatic heterocycles. The minimum atomic E-state index is -0.519. The van der Waals surface area contributed by atoms with E-state index in [4.69, 9.17) is 13.9 Å². The van der Waals surface area contributed by atoms with Crippen molar-refractivity contribution in [2.45, 2.75) is 6.92 Å². The van der Waals surface area contributed by atoms with E-state index in [9.17, 15) is 4.79 Å². The number of nitrogens with zero attached hydrogens (tertiary/aromatic N) is 2. The zero-order valence-corrected chi connectivity index (χ0v) is 14.1. The van der Waals surface area contributed by atoms with Gasteiger partial charge in [0.25, 0.3) is 0 Å². The van der Waals surface area contributed by atoms with Crippen molar-refractivity contribution in [3.63, 3.8) is 0 Å². The van der Waals surface area contributed by atoms with Crippen LogP contribution < -0.4 is 14.8 Å². The lowest BCUT2D eigenvalue weighted by molar-refractivity contribution is 0.0990. The Balaban J connectivity index is 1.79. The summed E-state index contributed by atoms with van der Waals surface area (Å²) in [5.41, 5.74) is 2.34. The highest BCUT2D eigenvalue weighted by Crippen LogP contribution is 2.29. The van der Waals surface area contributed by atoms with Crippen LogP contribution in [0.2, 0.25) is 0 Å². The average molecular weight is 339 g/mol. The maximum atomic E-state index is 12.3. The van der Waals surface area contributed by atoms with Gasteiger partial charge >= 0.3 is 11.8 Å². The van der Waals surface area contributed by atoms with Crippen LogP contribution in [0.1, 0.15) is 16.2 Å². The summed E-state index contributed by atoms with van der Waals surface area (Å²) < 4.78 is 15.8. The van der Waals surface area contributed by atoms with Gasteiger partial charge in [-0.15, -0.1) is 10.2 Å². The fourth-order valence-corrected chi connectivity index (χ4v) is 2.21. The van der Waals surface area contributed by atoms with E-state index in [1.165, 1.54) is 7.11 Å². The molecule has 0 aliphatic carbocycles. The molecule has 0 saturated heterocycles. The Bertz CT molecular complexity index is 888. The molecule has 0 radical (unpaired) electrons. The molecule has 2 aromatic carbocycles. The van der Waals surface area contributed by atoms with Gasteiger partial charge in [-0.3, -0.25) is 4.79 Å². The van der Waals surface area contributed by atoms with Crippen molar-refractivity contribution in [2.24, 2.45) is 0 Å². The van der Waals surface area contributed by atoms with Crippen LogP contribution in [0.3, 0.4) is 0 Å². The minimum Gasteiger partial charge on any atom is -0.497 e. The Hall–Kier alpha value is -3.35. The van der Waals surface area contributed by atoms with E-state index in [2.05, 4.69) is 15.5 Å². The third-order valence-corrected chi connectivity index (χ3v) is 3.57. The molecule has 7 nitrogen and oxygen atoms in total. The largest absolute Gasteiger partial charge is 0.497 e. The second-order valence-corrected chi connectivity index (χ2v) is 5.30. The molecule has 0 aliphatic rings. The molecular formula is C18H17N3O4. The van der Waals surface area contributed by atoms with Gasteiger partial charge in [0.2, 0.25) is 5.89 Å². The Morgan fingerprint density at radius 2 is 1.80 bits per heavy atom. The van der Waals surface area contributed by atoms with E-state index in [1.54, 1.807) is 25.3 Å². The maximum absolute atomic E-state index is 12.3. The number of nitrogens with one attached hydrogen (secondary N) is 1. The Labute approximate surface area is 144 Å². The van der Waals surface area contributed by atoms with Gasteiger partial charge in [0.05, 0.1) is 19.9 Å². The molecule has 25 heavy (non-hydrogen) atoms. The summed E-state index contributed by atoms with van der Waals surface area (Å²) in [5, 5.41) is 10.4. The molecule has 1 heterocycles. The number of rotatable bonds is 5. The Morgan fingerprint density at radius 3 is 2.48 bits per heavy atom. The van der Waals surface area contributed by atoms with Gasteiger partial charge in [0.1, 0.15) is 11.5 Å². The summed E-state index contributed by atoms with van der Waals surface area (Å²) in [7, 11) is 3.06. The summed E-state index contributed by atoms with van der Waals surface area (Å²) in [5.74, 6) is 0.717. The van der Waals surface area contributed by atoms with Crippen LogP contribution in [0.15, 0.2) is 46.9 Å². The number of carbonyl (C=O) groups excluding carboxylic acids is 1. The molecule has 0 atom stereocenters. The highest BCUT2D eigenvalue weighted by atomic mass is 16.5. The van der Waals surface area contributed by atoms with Gasteiger partial charge in [-0.05, 0) is 31.2 Å². The summed E-state index contributed by atoms with van der Waals surface area (Å²) >= 11 is 0. The van der Waals surface area contributed by atoms with Crippen molar-refractivity contribution in [2.75, 3.05) is 19.5 Å². The number of aromatic nitrogens is 2. The van der Waals surface area contributed by atoms with Crippen LogP contribution in [0.5, 0.6) is 11.5 Å². The van der Waals surface area contributed by atoms with Crippen LogP contribution in [0.4, 0.5) is 5.69 Å². The monoisotopic (exact) mass is 339 g/mol. The van der Waals surface area contributed by atoms with Gasteiger partial charge in [-0.2, -0.15) is 0 Å². The van der Waals surface area contributed by atoms with Crippen LogP contribution in [0.25, 0.3) is 11.5 Å². The third kappa shape index (κ3) is 3.60. The third-order valence-electron chi connectivity index (χ3n) is 3.57. The number of hydrogen-bond acceptors (Lipinski definition) is 6. The number of benzene rings is 2. The average Bonchev–Trinajstić information content (AvgIpc) is 3.13. The maximum Gasteiger partial charge on any atom is 0.313 e. The predicted molar refractivity (Wildman–Crippen MR) is 92.0 cm³/mol. The first-order valence-corrected chi connectivity index (χ1v) is 7.54. The number of aryl methyl sites for hydroxylation is 1. The van der Waals surface area contributed by atoms with E-state index in [0.29, 0.717) is 17.2 Å². The first kappa shape index (κ1) is 16.5. The van der Waals surface area contributed by atoms with Crippen LogP contribution >= 0.6 is 0 Å². The van der Waals surface area contributed by atoms with Crippen molar-refractivity contribution in [3.05, 3.63) is 53.9 Å². The van der Waals surface area contributed by atoms with Crippen molar-refractivity contribution in [1.82, 2.24) is 10.2 Å². The lowest BCUT2D eigenvalue weighted by atomic mass is 10.1. The number of methoxy groups -OCH3 is 2. The molecule has 0 spiro atoms. The number of carbonyl (C=O) groups is 1. The summed E-state index contributed by atoms with van der Waals surface area (Å²) in [6.07, 6.45) is 0. The molecule has 0 aliphatic heterocycles. The summed E-state index contributed by atoms with van der Waals surface area (Å²) in [6, 6.07) is 12.6. The molecule has 1 N–H and O–H groups in total. The van der Waals surface area contributed by atoms with Gasteiger partial charge in [0, 0.05) is 11.6 Å². The molecule has 0 bridgehead atoms. The smallest absolute Gasteiger partial charge is 0.313 e. The van der Waals surface area contributed by atoms with E-state index >= 15 is 0 Å².